The number of carbonyl (C=O) groups excluding carboxylic acids is 2. The molecule has 0 bridgehead atoms. The monoisotopic (exact) mass is 302 g/mol. The fraction of sp³-hybridized carbons (Fsp3) is 0.769. The number of thioether (sulfide) groups is 1. The molecule has 7 heteroatoms. The van der Waals surface area contributed by atoms with Crippen LogP contribution in [0.5, 0.6) is 0 Å². The fourth-order valence-corrected chi connectivity index (χ4v) is 3.22. The molecule has 2 N–H and O–H groups in total. The van der Waals surface area contributed by atoms with Gasteiger partial charge in [0.2, 0.25) is 11.8 Å². The van der Waals surface area contributed by atoms with Crippen LogP contribution in [-0.4, -0.2) is 51.5 Å². The van der Waals surface area contributed by atoms with Gasteiger partial charge in [-0.05, 0) is 6.42 Å². The van der Waals surface area contributed by atoms with Gasteiger partial charge < -0.3 is 15.3 Å². The predicted molar refractivity (Wildman–Crippen MR) is 77.3 cm³/mol. The lowest BCUT2D eigenvalue weighted by atomic mass is 10.1. The first-order chi connectivity index (χ1) is 9.51. The van der Waals surface area contributed by atoms with Crippen molar-refractivity contribution < 1.29 is 19.5 Å². The maximum Gasteiger partial charge on any atom is 0.326 e. The predicted octanol–water partition coefficient (Wildman–Crippen LogP) is 1.06. The Balaban J connectivity index is 2.63. The molecule has 1 unspecified atom stereocenters. The highest BCUT2D eigenvalue weighted by molar-refractivity contribution is 7.99. The highest BCUT2D eigenvalue weighted by Crippen LogP contribution is 2.22. The van der Waals surface area contributed by atoms with E-state index in [0.717, 1.165) is 12.8 Å². The van der Waals surface area contributed by atoms with Crippen LogP contribution < -0.4 is 5.32 Å². The van der Waals surface area contributed by atoms with Gasteiger partial charge in [0.25, 0.3) is 0 Å². The van der Waals surface area contributed by atoms with Gasteiger partial charge in [-0.15, -0.1) is 11.8 Å². The van der Waals surface area contributed by atoms with E-state index in [4.69, 9.17) is 5.11 Å². The van der Waals surface area contributed by atoms with E-state index in [-0.39, 0.29) is 11.8 Å². The van der Waals surface area contributed by atoms with E-state index in [2.05, 4.69) is 5.32 Å². The molecule has 0 aliphatic carbocycles. The van der Waals surface area contributed by atoms with Crippen molar-refractivity contribution in [2.45, 2.75) is 51.6 Å². The van der Waals surface area contributed by atoms with Gasteiger partial charge >= 0.3 is 5.97 Å². The minimum Gasteiger partial charge on any atom is -0.480 e. The van der Waals surface area contributed by atoms with Crippen LogP contribution in [0, 0.1) is 0 Å². The van der Waals surface area contributed by atoms with E-state index in [9.17, 15) is 14.4 Å². The lowest BCUT2D eigenvalue weighted by molar-refractivity contribution is -0.143. The number of aliphatic carboxylic acids is 1. The summed E-state index contributed by atoms with van der Waals surface area (Å²) in [5, 5.41) is 11.7. The molecule has 0 aromatic heterocycles. The molecular weight excluding hydrogens is 280 g/mol. The van der Waals surface area contributed by atoms with Crippen molar-refractivity contribution in [3.8, 4) is 0 Å². The molecule has 114 valence electrons. The topological polar surface area (TPSA) is 86.7 Å². The third-order valence-electron chi connectivity index (χ3n) is 3.27. The van der Waals surface area contributed by atoms with E-state index < -0.39 is 18.1 Å². The molecule has 0 spiro atoms. The van der Waals surface area contributed by atoms with Crippen LogP contribution in [0.1, 0.15) is 39.5 Å². The first kappa shape index (κ1) is 16.8. The zero-order valence-electron chi connectivity index (χ0n) is 11.9. The second kappa shape index (κ2) is 8.14. The Hall–Kier alpha value is -1.24. The third-order valence-corrected chi connectivity index (χ3v) is 4.28. The number of unbranched alkanes of at least 4 members (excludes halogenated alkanes) is 1. The Morgan fingerprint density at radius 2 is 2.10 bits per heavy atom. The van der Waals surface area contributed by atoms with Gasteiger partial charge in [0, 0.05) is 12.2 Å². The van der Waals surface area contributed by atoms with E-state index >= 15 is 0 Å². The Bertz CT molecular complexity index is 375. The van der Waals surface area contributed by atoms with E-state index in [1.165, 1.54) is 16.7 Å². The van der Waals surface area contributed by atoms with Crippen molar-refractivity contribution in [1.29, 1.82) is 0 Å². The van der Waals surface area contributed by atoms with E-state index in [1.807, 2.05) is 6.92 Å². The lowest BCUT2D eigenvalue weighted by Crippen LogP contribution is -2.51. The molecule has 1 saturated heterocycles. The average molecular weight is 302 g/mol. The smallest absolute Gasteiger partial charge is 0.326 e. The van der Waals surface area contributed by atoms with Gasteiger partial charge in [-0.3, -0.25) is 9.59 Å². The van der Waals surface area contributed by atoms with E-state index in [1.54, 1.807) is 6.92 Å². The molecule has 0 aromatic carbocycles. The maximum atomic E-state index is 12.2. The number of nitrogens with zero attached hydrogens (tertiary/aromatic N) is 1. The number of rotatable bonds is 7. The van der Waals surface area contributed by atoms with Gasteiger partial charge in [-0.25, -0.2) is 4.79 Å². The summed E-state index contributed by atoms with van der Waals surface area (Å²) in [5.41, 5.74) is 0. The quantitative estimate of drug-likeness (QED) is 0.734. The summed E-state index contributed by atoms with van der Waals surface area (Å²) in [6, 6.07) is -1.41. The summed E-state index contributed by atoms with van der Waals surface area (Å²) in [5.74, 6) is -0.434. The Morgan fingerprint density at radius 3 is 2.65 bits per heavy atom. The fourth-order valence-electron chi connectivity index (χ4n) is 2.04. The molecule has 6 nitrogen and oxygen atoms in total. The van der Waals surface area contributed by atoms with Crippen molar-refractivity contribution in [2.24, 2.45) is 0 Å². The highest BCUT2D eigenvalue weighted by Gasteiger charge is 2.35. The number of hydrogen-bond donors (Lipinski definition) is 2. The zero-order valence-corrected chi connectivity index (χ0v) is 12.7. The third kappa shape index (κ3) is 4.40. The van der Waals surface area contributed by atoms with Crippen molar-refractivity contribution in [3.63, 3.8) is 0 Å². The van der Waals surface area contributed by atoms with E-state index in [0.29, 0.717) is 24.5 Å². The molecule has 0 radical (unpaired) electrons. The molecule has 2 atom stereocenters. The van der Waals surface area contributed by atoms with Gasteiger partial charge in [0.05, 0.1) is 5.88 Å². The Morgan fingerprint density at radius 1 is 1.40 bits per heavy atom. The minimum absolute atomic E-state index is 0.0735. The molecule has 0 saturated carbocycles. The Kier molecular flexibility index (Phi) is 6.84. The van der Waals surface area contributed by atoms with Crippen LogP contribution in [-0.2, 0) is 14.4 Å². The lowest BCUT2D eigenvalue weighted by Gasteiger charge is -2.24. The van der Waals surface area contributed by atoms with Crippen LogP contribution in [0.2, 0.25) is 0 Å². The molecule has 20 heavy (non-hydrogen) atoms. The minimum atomic E-state index is -1.02. The molecular formula is C13H22N2O4S. The van der Waals surface area contributed by atoms with Crippen LogP contribution in [0.4, 0.5) is 0 Å². The number of hydrogen-bond acceptors (Lipinski definition) is 4. The largest absolute Gasteiger partial charge is 0.480 e. The maximum absolute atomic E-state index is 12.2. The number of carboxylic acids is 1. The van der Waals surface area contributed by atoms with Gasteiger partial charge in [0.1, 0.15) is 12.1 Å². The second-order valence-corrected chi connectivity index (χ2v) is 5.77. The molecule has 1 heterocycles. The summed E-state index contributed by atoms with van der Waals surface area (Å²) >= 11 is 1.51. The molecule has 0 aromatic rings. The number of carboxylic acid groups (broad SMARTS) is 1. The van der Waals surface area contributed by atoms with Crippen LogP contribution >= 0.6 is 11.8 Å². The van der Waals surface area contributed by atoms with Crippen LogP contribution in [0.25, 0.3) is 0 Å². The van der Waals surface area contributed by atoms with Gasteiger partial charge in [-0.1, -0.05) is 26.7 Å². The summed E-state index contributed by atoms with van der Waals surface area (Å²) in [6.45, 7) is 3.72. The zero-order chi connectivity index (χ0) is 15.1. The summed E-state index contributed by atoms with van der Waals surface area (Å²) in [6.07, 6.45) is 2.38. The molecule has 1 fully saturated rings. The first-order valence-electron chi connectivity index (χ1n) is 6.91. The standard InChI is InChI=1S/C13H22N2O4S/c1-3-5-6-9(13(18)19)14-12(17)10-7-20-8-15(10)11(16)4-2/h9-10H,3-8H2,1-2H3,(H,14,17)(H,18,19)/t9-,10?/m0/s1. The van der Waals surface area contributed by atoms with Crippen molar-refractivity contribution >= 4 is 29.5 Å². The van der Waals surface area contributed by atoms with Crippen LogP contribution in [0.3, 0.4) is 0 Å². The Labute approximate surface area is 123 Å². The van der Waals surface area contributed by atoms with Crippen molar-refractivity contribution in [3.05, 3.63) is 0 Å². The SMILES string of the molecule is CCCC[C@H](NC(=O)C1CSCN1C(=O)CC)C(=O)O. The highest BCUT2D eigenvalue weighted by atomic mass is 32.2. The van der Waals surface area contributed by atoms with Gasteiger partial charge in [-0.2, -0.15) is 0 Å². The normalized spacial score (nSPS) is 19.7. The summed E-state index contributed by atoms with van der Waals surface area (Å²) < 4.78 is 0. The van der Waals surface area contributed by atoms with Crippen molar-refractivity contribution in [2.75, 3.05) is 11.6 Å². The summed E-state index contributed by atoms with van der Waals surface area (Å²) in [4.78, 5) is 36.6. The molecule has 1 aliphatic heterocycles. The molecule has 2 amide bonds. The molecule has 1 aliphatic rings. The number of carbonyl (C=O) groups is 3. The second-order valence-electron chi connectivity index (χ2n) is 4.77. The number of nitrogens with one attached hydrogen (secondary N) is 1. The first-order valence-corrected chi connectivity index (χ1v) is 8.07. The van der Waals surface area contributed by atoms with Crippen molar-refractivity contribution in [1.82, 2.24) is 10.2 Å². The average Bonchev–Trinajstić information content (AvgIpc) is 2.91. The number of amides is 2. The van der Waals surface area contributed by atoms with Gasteiger partial charge in [0.15, 0.2) is 0 Å². The van der Waals surface area contributed by atoms with Crippen LogP contribution in [0.15, 0.2) is 0 Å². The summed E-state index contributed by atoms with van der Waals surface area (Å²) in [7, 11) is 0. The molecule has 1 rings (SSSR count).